The van der Waals surface area contributed by atoms with E-state index >= 15 is 0 Å². The fraction of sp³-hybridized carbons (Fsp3) is 0.455. The second kappa shape index (κ2) is 11.4. The molecule has 7 nitrogen and oxygen atoms in total. The summed E-state index contributed by atoms with van der Waals surface area (Å²) in [5.74, 6) is 1.24. The van der Waals surface area contributed by atoms with Crippen molar-refractivity contribution in [1.82, 2.24) is 0 Å². The van der Waals surface area contributed by atoms with E-state index in [1.165, 1.54) is 5.56 Å². The van der Waals surface area contributed by atoms with Gasteiger partial charge in [-0.05, 0) is 80.6 Å². The van der Waals surface area contributed by atoms with Gasteiger partial charge >= 0.3 is 7.60 Å². The van der Waals surface area contributed by atoms with Crippen molar-refractivity contribution in [1.29, 1.82) is 0 Å². The number of aryl methyl sites for hydroxylation is 2. The third kappa shape index (κ3) is 6.74. The van der Waals surface area contributed by atoms with Crippen molar-refractivity contribution in [2.75, 3.05) is 39.2 Å². The number of rotatable bonds is 12. The average molecular weight is 437 g/mol. The van der Waals surface area contributed by atoms with Crippen LogP contribution in [0.1, 0.15) is 36.1 Å². The summed E-state index contributed by atoms with van der Waals surface area (Å²) in [6.07, 6.45) is 0.607. The summed E-state index contributed by atoms with van der Waals surface area (Å²) in [5, 5.41) is 0. The van der Waals surface area contributed by atoms with E-state index in [0.717, 1.165) is 23.1 Å². The maximum atomic E-state index is 12.6. The Morgan fingerprint density at radius 2 is 1.60 bits per heavy atom. The minimum absolute atomic E-state index is 0.119. The van der Waals surface area contributed by atoms with Crippen LogP contribution in [0.5, 0.6) is 11.5 Å². The molecule has 2 N–H and O–H groups in total. The van der Waals surface area contributed by atoms with E-state index in [1.54, 1.807) is 21.0 Å². The van der Waals surface area contributed by atoms with E-state index in [9.17, 15) is 4.57 Å². The van der Waals surface area contributed by atoms with Gasteiger partial charge in [-0.2, -0.15) is 0 Å². The molecular weight excluding hydrogens is 405 g/mol. The molecule has 0 amide bonds. The summed E-state index contributed by atoms with van der Waals surface area (Å²) >= 11 is 0. The van der Waals surface area contributed by atoms with Crippen molar-refractivity contribution in [3.8, 4) is 11.5 Å². The lowest BCUT2D eigenvalue weighted by Gasteiger charge is -2.19. The zero-order valence-electron chi connectivity index (χ0n) is 18.4. The number of anilines is 1. The SMILES string of the molecule is CCOP(=O)(COc1cc(C)c(Cc2ccc(OCOC)c(N)c2)c(C)c1)OCC. The Morgan fingerprint density at radius 3 is 2.13 bits per heavy atom. The van der Waals surface area contributed by atoms with Gasteiger partial charge in [0.1, 0.15) is 11.5 Å². The molecule has 0 bridgehead atoms. The second-order valence-electron chi connectivity index (χ2n) is 6.86. The van der Waals surface area contributed by atoms with Gasteiger partial charge in [0.25, 0.3) is 0 Å². The number of hydrogen-bond donors (Lipinski definition) is 1. The van der Waals surface area contributed by atoms with Gasteiger partial charge in [-0.25, -0.2) is 0 Å². The van der Waals surface area contributed by atoms with Crippen molar-refractivity contribution in [2.45, 2.75) is 34.1 Å². The predicted molar refractivity (Wildman–Crippen MR) is 118 cm³/mol. The maximum Gasteiger partial charge on any atom is 0.367 e. The Bertz CT molecular complexity index is 853. The Morgan fingerprint density at radius 1 is 0.967 bits per heavy atom. The molecule has 0 saturated carbocycles. The zero-order valence-corrected chi connectivity index (χ0v) is 19.3. The van der Waals surface area contributed by atoms with Crippen molar-refractivity contribution in [3.05, 3.63) is 52.6 Å². The summed E-state index contributed by atoms with van der Waals surface area (Å²) in [7, 11) is -1.69. The van der Waals surface area contributed by atoms with E-state index in [1.807, 2.05) is 44.2 Å². The molecule has 2 aromatic rings. The molecular formula is C22H32NO6P. The third-order valence-corrected chi connectivity index (χ3v) is 6.25. The van der Waals surface area contributed by atoms with Gasteiger partial charge in [-0.3, -0.25) is 4.57 Å². The Kier molecular flexibility index (Phi) is 9.18. The van der Waals surface area contributed by atoms with Gasteiger partial charge in [0, 0.05) is 7.11 Å². The third-order valence-electron chi connectivity index (χ3n) is 4.50. The molecule has 0 aromatic heterocycles. The highest BCUT2D eigenvalue weighted by atomic mass is 31.2. The highest BCUT2D eigenvalue weighted by Crippen LogP contribution is 2.48. The molecule has 0 fully saturated rings. The average Bonchev–Trinajstić information content (AvgIpc) is 2.69. The first kappa shape index (κ1) is 24.2. The van der Waals surface area contributed by atoms with Gasteiger partial charge in [0.2, 0.25) is 0 Å². The van der Waals surface area contributed by atoms with E-state index < -0.39 is 7.60 Å². The normalized spacial score (nSPS) is 11.5. The number of ether oxygens (including phenoxy) is 3. The Balaban J connectivity index is 2.13. The topological polar surface area (TPSA) is 89.2 Å². The fourth-order valence-electron chi connectivity index (χ4n) is 3.14. The predicted octanol–water partition coefficient (Wildman–Crippen LogP) is 5.06. The van der Waals surface area contributed by atoms with E-state index in [-0.39, 0.29) is 13.1 Å². The van der Waals surface area contributed by atoms with Crippen LogP contribution in [0.2, 0.25) is 0 Å². The lowest BCUT2D eigenvalue weighted by atomic mass is 9.95. The number of nitrogen functional groups attached to an aromatic ring is 1. The molecule has 8 heteroatoms. The smallest absolute Gasteiger partial charge is 0.367 e. The van der Waals surface area contributed by atoms with Crippen LogP contribution < -0.4 is 15.2 Å². The molecule has 0 unspecified atom stereocenters. The molecule has 0 atom stereocenters. The summed E-state index contributed by atoms with van der Waals surface area (Å²) in [6.45, 7) is 8.36. The van der Waals surface area contributed by atoms with Crippen LogP contribution in [0.4, 0.5) is 5.69 Å². The molecule has 0 aliphatic carbocycles. The van der Waals surface area contributed by atoms with Crippen LogP contribution in [0.15, 0.2) is 30.3 Å². The van der Waals surface area contributed by atoms with E-state index in [4.69, 9.17) is 29.0 Å². The first-order chi connectivity index (χ1) is 14.3. The molecule has 0 aliphatic rings. The first-order valence-corrected chi connectivity index (χ1v) is 11.7. The number of nitrogens with two attached hydrogens (primary N) is 1. The van der Waals surface area contributed by atoms with Crippen molar-refractivity contribution in [2.24, 2.45) is 0 Å². The summed E-state index contributed by atoms with van der Waals surface area (Å²) in [4.78, 5) is 0. The molecule has 2 rings (SSSR count). The number of hydrogen-bond acceptors (Lipinski definition) is 7. The second-order valence-corrected chi connectivity index (χ2v) is 8.85. The maximum absolute atomic E-state index is 12.6. The summed E-state index contributed by atoms with van der Waals surface area (Å²) in [6, 6.07) is 9.62. The molecule has 0 aliphatic heterocycles. The zero-order chi connectivity index (χ0) is 22.1. The van der Waals surface area contributed by atoms with Gasteiger partial charge < -0.3 is 29.0 Å². The largest absolute Gasteiger partial charge is 0.481 e. The minimum Gasteiger partial charge on any atom is -0.481 e. The number of methoxy groups -OCH3 is 1. The van der Waals surface area contributed by atoms with Crippen LogP contribution in [-0.2, 0) is 24.8 Å². The molecule has 0 saturated heterocycles. The van der Waals surface area contributed by atoms with E-state index in [2.05, 4.69) is 0 Å². The molecule has 166 valence electrons. The Hall–Kier alpha value is -2.05. The Labute approximate surface area is 179 Å². The monoisotopic (exact) mass is 437 g/mol. The highest BCUT2D eigenvalue weighted by molar-refractivity contribution is 7.53. The van der Waals surface area contributed by atoms with Gasteiger partial charge in [-0.15, -0.1) is 0 Å². The number of benzene rings is 2. The molecule has 0 spiro atoms. The van der Waals surface area contributed by atoms with Crippen LogP contribution in [0.25, 0.3) is 0 Å². The van der Waals surface area contributed by atoms with Crippen molar-refractivity contribution < 1.29 is 27.8 Å². The fourth-order valence-corrected chi connectivity index (χ4v) is 4.46. The van der Waals surface area contributed by atoms with Crippen LogP contribution >= 0.6 is 7.60 Å². The first-order valence-electron chi connectivity index (χ1n) is 9.93. The van der Waals surface area contributed by atoms with E-state index in [0.29, 0.717) is 30.4 Å². The minimum atomic E-state index is -3.26. The summed E-state index contributed by atoms with van der Waals surface area (Å²) in [5.41, 5.74) is 11.1. The quantitative estimate of drug-likeness (QED) is 0.282. The van der Waals surface area contributed by atoms with Gasteiger partial charge in [0.05, 0.1) is 18.9 Å². The molecule has 30 heavy (non-hydrogen) atoms. The van der Waals surface area contributed by atoms with Crippen molar-refractivity contribution >= 4 is 13.3 Å². The lowest BCUT2D eigenvalue weighted by Crippen LogP contribution is -2.06. The van der Waals surface area contributed by atoms with Gasteiger partial charge in [-0.1, -0.05) is 6.07 Å². The molecule has 0 heterocycles. The van der Waals surface area contributed by atoms with Crippen LogP contribution in [-0.4, -0.2) is 33.5 Å². The summed E-state index contributed by atoms with van der Waals surface area (Å²) < 4.78 is 39.3. The molecule has 0 radical (unpaired) electrons. The molecule has 2 aromatic carbocycles. The standard InChI is InChI=1S/C22H32NO6P/c1-6-28-30(24,29-7-2)15-27-19-10-16(3)20(17(4)11-19)12-18-8-9-22(21(23)13-18)26-14-25-5/h8-11,13H,6-7,12,14-15,23H2,1-5H3. The van der Waals surface area contributed by atoms with Gasteiger partial charge in [0.15, 0.2) is 13.1 Å². The highest BCUT2D eigenvalue weighted by Gasteiger charge is 2.25. The van der Waals surface area contributed by atoms with Crippen LogP contribution in [0, 0.1) is 13.8 Å². The lowest BCUT2D eigenvalue weighted by molar-refractivity contribution is 0.0516. The van der Waals surface area contributed by atoms with Crippen molar-refractivity contribution in [3.63, 3.8) is 0 Å². The van der Waals surface area contributed by atoms with Crippen LogP contribution in [0.3, 0.4) is 0 Å².